The van der Waals surface area contributed by atoms with Crippen molar-refractivity contribution in [3.8, 4) is 0 Å². The van der Waals surface area contributed by atoms with E-state index in [9.17, 15) is 0 Å². The van der Waals surface area contributed by atoms with E-state index in [2.05, 4.69) is 4.98 Å². The van der Waals surface area contributed by atoms with Gasteiger partial charge in [0.15, 0.2) is 5.82 Å². The Hall–Kier alpha value is -1.09. The van der Waals surface area contributed by atoms with Crippen molar-refractivity contribution in [3.05, 3.63) is 24.4 Å². The van der Waals surface area contributed by atoms with Crippen molar-refractivity contribution < 1.29 is 4.84 Å². The molecule has 0 atom stereocenters. The molecule has 0 spiro atoms. The lowest BCUT2D eigenvalue weighted by molar-refractivity contribution is 0.166. The Morgan fingerprint density at radius 3 is 3.09 bits per heavy atom. The molecule has 0 aromatic carbocycles. The maximum absolute atomic E-state index is 5.31. The Bertz CT molecular complexity index is 219. The van der Waals surface area contributed by atoms with E-state index in [4.69, 9.17) is 4.84 Å². The summed E-state index contributed by atoms with van der Waals surface area (Å²) in [6.45, 7) is 1.77. The fraction of sp³-hybridized carbons (Fsp3) is 0.375. The quantitative estimate of drug-likeness (QED) is 0.602. The van der Waals surface area contributed by atoms with Crippen molar-refractivity contribution >= 4 is 5.82 Å². The molecule has 1 aliphatic rings. The van der Waals surface area contributed by atoms with Crippen LogP contribution >= 0.6 is 0 Å². The lowest BCUT2D eigenvalue weighted by atomic mass is 10.4. The second-order valence-corrected chi connectivity index (χ2v) is 2.48. The zero-order valence-corrected chi connectivity index (χ0v) is 6.23. The van der Waals surface area contributed by atoms with Crippen molar-refractivity contribution in [2.45, 2.75) is 6.42 Å². The van der Waals surface area contributed by atoms with Crippen LogP contribution in [0.3, 0.4) is 0 Å². The lowest BCUT2D eigenvalue weighted by Gasteiger charge is -2.13. The lowest BCUT2D eigenvalue weighted by Crippen LogP contribution is -2.16. The van der Waals surface area contributed by atoms with Crippen LogP contribution in [0.4, 0.5) is 5.82 Å². The molecule has 1 fully saturated rings. The summed E-state index contributed by atoms with van der Waals surface area (Å²) in [5.41, 5.74) is 0. The maximum atomic E-state index is 5.31. The van der Waals surface area contributed by atoms with Crippen molar-refractivity contribution in [1.29, 1.82) is 0 Å². The van der Waals surface area contributed by atoms with Crippen molar-refractivity contribution in [2.75, 3.05) is 18.2 Å². The van der Waals surface area contributed by atoms with Crippen LogP contribution in [0.15, 0.2) is 24.4 Å². The van der Waals surface area contributed by atoms with Gasteiger partial charge in [0, 0.05) is 12.7 Å². The SMILES string of the molecule is c1ccc(N2CCCO2)nc1. The molecule has 0 amide bonds. The number of pyridine rings is 1. The van der Waals surface area contributed by atoms with Gasteiger partial charge in [-0.25, -0.2) is 10.0 Å². The van der Waals surface area contributed by atoms with Gasteiger partial charge < -0.3 is 0 Å². The van der Waals surface area contributed by atoms with Gasteiger partial charge in [-0.3, -0.25) is 4.84 Å². The van der Waals surface area contributed by atoms with Gasteiger partial charge in [0.05, 0.1) is 6.61 Å². The first-order chi connectivity index (χ1) is 5.47. The summed E-state index contributed by atoms with van der Waals surface area (Å²) in [4.78, 5) is 9.47. The number of hydroxylamine groups is 1. The van der Waals surface area contributed by atoms with Crippen LogP contribution in [0, 0.1) is 0 Å². The summed E-state index contributed by atoms with van der Waals surface area (Å²) in [6, 6.07) is 5.81. The highest BCUT2D eigenvalue weighted by Gasteiger charge is 2.13. The van der Waals surface area contributed by atoms with Gasteiger partial charge in [-0.1, -0.05) is 6.07 Å². The van der Waals surface area contributed by atoms with E-state index in [0.717, 1.165) is 25.4 Å². The van der Waals surface area contributed by atoms with Gasteiger partial charge in [0.2, 0.25) is 0 Å². The third kappa shape index (κ3) is 1.33. The van der Waals surface area contributed by atoms with Crippen LogP contribution in [0.1, 0.15) is 6.42 Å². The number of rotatable bonds is 1. The standard InChI is InChI=1S/C8H10N2O/c1-2-5-9-8(4-1)10-6-3-7-11-10/h1-2,4-5H,3,6-7H2. The molecule has 0 saturated carbocycles. The van der Waals surface area contributed by atoms with Crippen LogP contribution in [0.2, 0.25) is 0 Å². The van der Waals surface area contributed by atoms with E-state index in [0.29, 0.717) is 0 Å². The normalized spacial score (nSPS) is 17.3. The van der Waals surface area contributed by atoms with Crippen LogP contribution in [-0.2, 0) is 4.84 Å². The number of aromatic nitrogens is 1. The van der Waals surface area contributed by atoms with Gasteiger partial charge in [-0.15, -0.1) is 0 Å². The monoisotopic (exact) mass is 150 g/mol. The highest BCUT2D eigenvalue weighted by atomic mass is 16.7. The summed E-state index contributed by atoms with van der Waals surface area (Å²) < 4.78 is 0. The molecule has 1 aliphatic heterocycles. The van der Waals surface area contributed by atoms with Gasteiger partial charge in [0.25, 0.3) is 0 Å². The number of hydrogen-bond acceptors (Lipinski definition) is 3. The third-order valence-electron chi connectivity index (χ3n) is 1.66. The molecule has 0 unspecified atom stereocenters. The Morgan fingerprint density at radius 2 is 2.45 bits per heavy atom. The Kier molecular flexibility index (Phi) is 1.73. The molecule has 2 rings (SSSR count). The van der Waals surface area contributed by atoms with Gasteiger partial charge in [-0.05, 0) is 18.6 Å². The molecule has 0 bridgehead atoms. The maximum Gasteiger partial charge on any atom is 0.152 e. The van der Waals surface area contributed by atoms with Crippen molar-refractivity contribution in [1.82, 2.24) is 4.98 Å². The van der Waals surface area contributed by atoms with Crippen molar-refractivity contribution in [2.24, 2.45) is 0 Å². The largest absolute Gasteiger partial charge is 0.272 e. The molecule has 0 N–H and O–H groups in total. The highest BCUT2D eigenvalue weighted by molar-refractivity contribution is 5.34. The van der Waals surface area contributed by atoms with E-state index < -0.39 is 0 Å². The van der Waals surface area contributed by atoms with E-state index in [1.165, 1.54) is 0 Å². The zero-order valence-electron chi connectivity index (χ0n) is 6.23. The first kappa shape index (κ1) is 6.61. The summed E-state index contributed by atoms with van der Waals surface area (Å²) in [5, 5.41) is 1.83. The summed E-state index contributed by atoms with van der Waals surface area (Å²) in [7, 11) is 0. The molecule has 58 valence electrons. The zero-order chi connectivity index (χ0) is 7.52. The van der Waals surface area contributed by atoms with Crippen LogP contribution in [0.5, 0.6) is 0 Å². The van der Waals surface area contributed by atoms with E-state index in [1.54, 1.807) is 6.20 Å². The average molecular weight is 150 g/mol. The summed E-state index contributed by atoms with van der Waals surface area (Å²) in [6.07, 6.45) is 2.87. The van der Waals surface area contributed by atoms with Gasteiger partial charge in [0.1, 0.15) is 0 Å². The minimum atomic E-state index is 0.816. The first-order valence-electron chi connectivity index (χ1n) is 3.78. The molecular weight excluding hydrogens is 140 g/mol. The average Bonchev–Trinajstić information content (AvgIpc) is 2.58. The second kappa shape index (κ2) is 2.88. The Labute approximate surface area is 65.6 Å². The molecule has 11 heavy (non-hydrogen) atoms. The van der Waals surface area contributed by atoms with Gasteiger partial charge >= 0.3 is 0 Å². The van der Waals surface area contributed by atoms with Crippen molar-refractivity contribution in [3.63, 3.8) is 0 Å². The van der Waals surface area contributed by atoms with E-state index >= 15 is 0 Å². The molecule has 0 radical (unpaired) electrons. The van der Waals surface area contributed by atoms with Crippen LogP contribution in [-0.4, -0.2) is 18.1 Å². The van der Waals surface area contributed by atoms with Gasteiger partial charge in [-0.2, -0.15) is 0 Å². The molecule has 1 aromatic heterocycles. The second-order valence-electron chi connectivity index (χ2n) is 2.48. The first-order valence-corrected chi connectivity index (χ1v) is 3.78. The molecule has 1 saturated heterocycles. The molecular formula is C8H10N2O. The summed E-state index contributed by atoms with van der Waals surface area (Å²) in [5.74, 6) is 0.907. The molecule has 1 aromatic rings. The minimum Gasteiger partial charge on any atom is -0.272 e. The Balaban J connectivity index is 2.16. The minimum absolute atomic E-state index is 0.816. The number of hydrogen-bond donors (Lipinski definition) is 0. The fourth-order valence-electron chi connectivity index (χ4n) is 1.13. The molecule has 2 heterocycles. The van der Waals surface area contributed by atoms with Crippen LogP contribution in [0.25, 0.3) is 0 Å². The topological polar surface area (TPSA) is 25.4 Å². The smallest absolute Gasteiger partial charge is 0.152 e. The van der Waals surface area contributed by atoms with Crippen LogP contribution < -0.4 is 5.06 Å². The molecule has 3 heteroatoms. The molecule has 3 nitrogen and oxygen atoms in total. The van der Waals surface area contributed by atoms with E-state index in [1.807, 2.05) is 23.3 Å². The predicted molar refractivity (Wildman–Crippen MR) is 42.2 cm³/mol. The third-order valence-corrected chi connectivity index (χ3v) is 1.66. The number of anilines is 1. The fourth-order valence-corrected chi connectivity index (χ4v) is 1.13. The Morgan fingerprint density at radius 1 is 1.45 bits per heavy atom. The summed E-state index contributed by atoms with van der Waals surface area (Å²) >= 11 is 0. The highest BCUT2D eigenvalue weighted by Crippen LogP contribution is 2.14. The number of nitrogens with zero attached hydrogens (tertiary/aromatic N) is 2. The predicted octanol–water partition coefficient (Wildman–Crippen LogP) is 1.22. The van der Waals surface area contributed by atoms with E-state index in [-0.39, 0.29) is 0 Å². The molecule has 0 aliphatic carbocycles.